The number of hydrogen-bond donors (Lipinski definition) is 0. The van der Waals surface area contributed by atoms with Gasteiger partial charge in [-0.3, -0.25) is 4.79 Å². The third-order valence-corrected chi connectivity index (χ3v) is 4.81. The minimum absolute atomic E-state index is 0.0861. The Morgan fingerprint density at radius 2 is 2.13 bits per heavy atom. The molecule has 0 aromatic carbocycles. The summed E-state index contributed by atoms with van der Waals surface area (Å²) in [6.45, 7) is 4.31. The molecule has 1 saturated heterocycles. The number of halogens is 1. The fourth-order valence-corrected chi connectivity index (χ4v) is 3.46. The Morgan fingerprint density at radius 3 is 2.80 bits per heavy atom. The number of nitrogens with zero attached hydrogens (tertiary/aromatic N) is 1. The lowest BCUT2D eigenvalue weighted by Crippen LogP contribution is -2.44. The van der Waals surface area contributed by atoms with Gasteiger partial charge in [0, 0.05) is 13.1 Å². The van der Waals surface area contributed by atoms with E-state index in [-0.39, 0.29) is 4.83 Å². The maximum Gasteiger partial charge on any atom is 0.236 e. The van der Waals surface area contributed by atoms with Crippen molar-refractivity contribution in [3.63, 3.8) is 0 Å². The van der Waals surface area contributed by atoms with E-state index in [4.69, 9.17) is 0 Å². The lowest BCUT2D eigenvalue weighted by atomic mass is 9.96. The maximum atomic E-state index is 11.9. The highest BCUT2D eigenvalue weighted by atomic mass is 79.9. The van der Waals surface area contributed by atoms with E-state index < -0.39 is 0 Å². The van der Waals surface area contributed by atoms with Crippen LogP contribution in [-0.4, -0.2) is 28.7 Å². The van der Waals surface area contributed by atoms with E-state index >= 15 is 0 Å². The molecule has 0 bridgehead atoms. The zero-order valence-corrected chi connectivity index (χ0v) is 11.0. The van der Waals surface area contributed by atoms with Crippen LogP contribution in [0.3, 0.4) is 0 Å². The Kier molecular flexibility index (Phi) is 3.70. The SMILES string of the molecule is CC1CCCC1CN1CCCC(Br)C1=O. The second-order valence-corrected chi connectivity index (χ2v) is 6.17. The molecule has 1 saturated carbocycles. The first-order valence-corrected chi connectivity index (χ1v) is 7.03. The highest BCUT2D eigenvalue weighted by Gasteiger charge is 2.31. The summed E-state index contributed by atoms with van der Waals surface area (Å²) in [6.07, 6.45) is 6.19. The third-order valence-electron chi connectivity index (χ3n) is 3.96. The Labute approximate surface area is 101 Å². The van der Waals surface area contributed by atoms with E-state index in [1.54, 1.807) is 0 Å². The average molecular weight is 274 g/mol. The van der Waals surface area contributed by atoms with Crippen LogP contribution in [0.5, 0.6) is 0 Å². The van der Waals surface area contributed by atoms with E-state index in [1.165, 1.54) is 19.3 Å². The number of hydrogen-bond acceptors (Lipinski definition) is 1. The van der Waals surface area contributed by atoms with Crippen LogP contribution in [-0.2, 0) is 4.79 Å². The summed E-state index contributed by atoms with van der Waals surface area (Å²) in [6, 6.07) is 0. The molecular formula is C12H20BrNO. The van der Waals surface area contributed by atoms with Crippen LogP contribution in [0.25, 0.3) is 0 Å². The second-order valence-electron chi connectivity index (χ2n) is 5.06. The standard InChI is InChI=1S/C12H20BrNO/c1-9-4-2-5-10(9)8-14-7-3-6-11(13)12(14)15/h9-11H,2-8H2,1H3. The molecule has 2 fully saturated rings. The van der Waals surface area contributed by atoms with E-state index in [0.29, 0.717) is 5.91 Å². The maximum absolute atomic E-state index is 11.9. The molecule has 0 spiro atoms. The van der Waals surface area contributed by atoms with Crippen LogP contribution in [0.1, 0.15) is 39.0 Å². The molecule has 0 radical (unpaired) electrons. The first-order chi connectivity index (χ1) is 7.18. The molecule has 1 heterocycles. The topological polar surface area (TPSA) is 20.3 Å². The molecule has 0 N–H and O–H groups in total. The Hall–Kier alpha value is -0.0500. The third kappa shape index (κ3) is 2.55. The van der Waals surface area contributed by atoms with Gasteiger partial charge in [0.2, 0.25) is 5.91 Å². The predicted molar refractivity (Wildman–Crippen MR) is 65.0 cm³/mol. The monoisotopic (exact) mass is 273 g/mol. The molecule has 3 atom stereocenters. The Morgan fingerprint density at radius 1 is 1.33 bits per heavy atom. The summed E-state index contributed by atoms with van der Waals surface area (Å²) in [5.41, 5.74) is 0. The van der Waals surface area contributed by atoms with Gasteiger partial charge in [0.1, 0.15) is 0 Å². The number of carbonyl (C=O) groups is 1. The fourth-order valence-electron chi connectivity index (χ4n) is 2.85. The van der Waals surface area contributed by atoms with Crippen LogP contribution in [0, 0.1) is 11.8 Å². The Bertz CT molecular complexity index is 244. The van der Waals surface area contributed by atoms with Gasteiger partial charge < -0.3 is 4.90 Å². The molecule has 3 unspecified atom stereocenters. The van der Waals surface area contributed by atoms with Crippen LogP contribution >= 0.6 is 15.9 Å². The van der Waals surface area contributed by atoms with E-state index in [9.17, 15) is 4.79 Å². The molecule has 1 aliphatic heterocycles. The molecule has 2 nitrogen and oxygen atoms in total. The van der Waals surface area contributed by atoms with Gasteiger partial charge in [0.05, 0.1) is 4.83 Å². The van der Waals surface area contributed by atoms with Crippen molar-refractivity contribution in [1.29, 1.82) is 0 Å². The predicted octanol–water partition coefficient (Wildman–Crippen LogP) is 2.81. The van der Waals surface area contributed by atoms with Crippen molar-refractivity contribution in [3.05, 3.63) is 0 Å². The van der Waals surface area contributed by atoms with Gasteiger partial charge in [-0.05, 0) is 31.1 Å². The number of carbonyl (C=O) groups excluding carboxylic acids is 1. The molecule has 1 aliphatic carbocycles. The second kappa shape index (κ2) is 4.86. The van der Waals surface area contributed by atoms with E-state index in [0.717, 1.165) is 37.8 Å². The quantitative estimate of drug-likeness (QED) is 0.709. The normalized spacial score (nSPS) is 37.3. The molecule has 15 heavy (non-hydrogen) atoms. The molecule has 0 aromatic rings. The molecular weight excluding hydrogens is 254 g/mol. The summed E-state index contributed by atoms with van der Waals surface area (Å²) in [7, 11) is 0. The van der Waals surface area contributed by atoms with Crippen molar-refractivity contribution < 1.29 is 4.79 Å². The highest BCUT2D eigenvalue weighted by Crippen LogP contribution is 2.32. The number of piperidine rings is 1. The van der Waals surface area contributed by atoms with Crippen molar-refractivity contribution in [1.82, 2.24) is 4.90 Å². The molecule has 2 rings (SSSR count). The summed E-state index contributed by atoms with van der Waals surface area (Å²) in [4.78, 5) is 14.1. The van der Waals surface area contributed by atoms with Gasteiger partial charge in [-0.25, -0.2) is 0 Å². The lowest BCUT2D eigenvalue weighted by Gasteiger charge is -2.33. The molecule has 3 heteroatoms. The highest BCUT2D eigenvalue weighted by molar-refractivity contribution is 9.10. The zero-order valence-electron chi connectivity index (χ0n) is 9.42. The van der Waals surface area contributed by atoms with Gasteiger partial charge in [-0.15, -0.1) is 0 Å². The summed E-state index contributed by atoms with van der Waals surface area (Å²) < 4.78 is 0. The number of likely N-dealkylation sites (tertiary alicyclic amines) is 1. The molecule has 86 valence electrons. The number of amides is 1. The Balaban J connectivity index is 1.90. The van der Waals surface area contributed by atoms with E-state index in [1.807, 2.05) is 0 Å². The summed E-state index contributed by atoms with van der Waals surface area (Å²) in [5.74, 6) is 1.89. The number of alkyl halides is 1. The fraction of sp³-hybridized carbons (Fsp3) is 0.917. The average Bonchev–Trinajstić information content (AvgIpc) is 2.60. The van der Waals surface area contributed by atoms with Crippen molar-refractivity contribution in [3.8, 4) is 0 Å². The van der Waals surface area contributed by atoms with Crippen LogP contribution in [0.4, 0.5) is 0 Å². The largest absolute Gasteiger partial charge is 0.341 e. The van der Waals surface area contributed by atoms with Gasteiger partial charge >= 0.3 is 0 Å². The first-order valence-electron chi connectivity index (χ1n) is 6.11. The van der Waals surface area contributed by atoms with E-state index in [2.05, 4.69) is 27.8 Å². The summed E-state index contributed by atoms with van der Waals surface area (Å²) >= 11 is 3.47. The zero-order chi connectivity index (χ0) is 10.8. The molecule has 2 aliphatic rings. The van der Waals surface area contributed by atoms with Crippen LogP contribution < -0.4 is 0 Å². The minimum atomic E-state index is 0.0861. The van der Waals surface area contributed by atoms with Crippen molar-refractivity contribution >= 4 is 21.8 Å². The van der Waals surface area contributed by atoms with Crippen molar-refractivity contribution in [2.75, 3.05) is 13.1 Å². The van der Waals surface area contributed by atoms with Crippen molar-refractivity contribution in [2.24, 2.45) is 11.8 Å². The number of rotatable bonds is 2. The minimum Gasteiger partial charge on any atom is -0.341 e. The van der Waals surface area contributed by atoms with Crippen LogP contribution in [0.2, 0.25) is 0 Å². The lowest BCUT2D eigenvalue weighted by molar-refractivity contribution is -0.133. The van der Waals surface area contributed by atoms with Crippen LogP contribution in [0.15, 0.2) is 0 Å². The van der Waals surface area contributed by atoms with Gasteiger partial charge in [0.25, 0.3) is 0 Å². The first kappa shape index (κ1) is 11.4. The van der Waals surface area contributed by atoms with Gasteiger partial charge in [-0.2, -0.15) is 0 Å². The summed E-state index contributed by atoms with van der Waals surface area (Å²) in [5, 5.41) is 0. The van der Waals surface area contributed by atoms with Gasteiger partial charge in [-0.1, -0.05) is 35.7 Å². The smallest absolute Gasteiger partial charge is 0.236 e. The molecule has 0 aromatic heterocycles. The van der Waals surface area contributed by atoms with Gasteiger partial charge in [0.15, 0.2) is 0 Å². The van der Waals surface area contributed by atoms with Crippen molar-refractivity contribution in [2.45, 2.75) is 43.9 Å². The molecule has 1 amide bonds.